The van der Waals surface area contributed by atoms with E-state index < -0.39 is 30.9 Å². The highest BCUT2D eigenvalue weighted by Gasteiger charge is 2.33. The molecule has 0 atom stereocenters. The molecule has 0 aliphatic carbocycles. The van der Waals surface area contributed by atoms with Gasteiger partial charge < -0.3 is 5.73 Å². The van der Waals surface area contributed by atoms with E-state index in [-0.39, 0.29) is 31.9 Å². The molecule has 1 aliphatic heterocycles. The van der Waals surface area contributed by atoms with E-state index in [0.29, 0.717) is 0 Å². The van der Waals surface area contributed by atoms with Gasteiger partial charge in [0, 0.05) is 31.9 Å². The zero-order valence-electron chi connectivity index (χ0n) is 10.9. The second-order valence-electron chi connectivity index (χ2n) is 4.54. The van der Waals surface area contributed by atoms with Gasteiger partial charge in [-0.15, -0.1) is 0 Å². The minimum atomic E-state index is -4.04. The highest BCUT2D eigenvalue weighted by molar-refractivity contribution is 7.89. The van der Waals surface area contributed by atoms with Crippen molar-refractivity contribution in [2.75, 3.05) is 31.9 Å². The first-order chi connectivity index (χ1) is 9.62. The van der Waals surface area contributed by atoms with E-state index in [1.165, 1.54) is 6.07 Å². The van der Waals surface area contributed by atoms with Crippen LogP contribution in [0.1, 0.15) is 0 Å². The second-order valence-corrected chi connectivity index (χ2v) is 7.99. The van der Waals surface area contributed by atoms with E-state index >= 15 is 0 Å². The average Bonchev–Trinajstić information content (AvgIpc) is 2.37. The van der Waals surface area contributed by atoms with Crippen LogP contribution in [0.2, 0.25) is 0 Å². The summed E-state index contributed by atoms with van der Waals surface area (Å²) in [7, 11) is -7.89. The standard InChI is InChI=1S/C10H15FN4O4S2/c11-9-7-8(12)1-2-10(9)20(16,17)14-3-5-15(6-4-14)21(13,18)19/h1-2,7H,3-6,12H2,(H2,13,18,19). The minimum absolute atomic E-state index is 0.0747. The highest BCUT2D eigenvalue weighted by Crippen LogP contribution is 2.22. The molecule has 0 unspecified atom stereocenters. The van der Waals surface area contributed by atoms with Gasteiger partial charge in [0.1, 0.15) is 10.7 Å². The lowest BCUT2D eigenvalue weighted by molar-refractivity contribution is 0.272. The largest absolute Gasteiger partial charge is 0.399 e. The van der Waals surface area contributed by atoms with Gasteiger partial charge in [-0.25, -0.2) is 17.9 Å². The van der Waals surface area contributed by atoms with Crippen LogP contribution < -0.4 is 10.9 Å². The van der Waals surface area contributed by atoms with Crippen molar-refractivity contribution in [3.05, 3.63) is 24.0 Å². The number of nitrogens with zero attached hydrogens (tertiary/aromatic N) is 2. The van der Waals surface area contributed by atoms with Crippen molar-refractivity contribution in [1.29, 1.82) is 0 Å². The van der Waals surface area contributed by atoms with Crippen LogP contribution in [0.5, 0.6) is 0 Å². The molecule has 11 heteroatoms. The molecule has 0 bridgehead atoms. The van der Waals surface area contributed by atoms with Crippen LogP contribution in [0, 0.1) is 5.82 Å². The van der Waals surface area contributed by atoms with E-state index in [1.807, 2.05) is 0 Å². The molecule has 118 valence electrons. The number of benzene rings is 1. The summed E-state index contributed by atoms with van der Waals surface area (Å²) < 4.78 is 62.7. The number of nitrogens with two attached hydrogens (primary N) is 2. The van der Waals surface area contributed by atoms with E-state index in [1.54, 1.807) is 0 Å². The Morgan fingerprint density at radius 2 is 1.52 bits per heavy atom. The van der Waals surface area contributed by atoms with Crippen molar-refractivity contribution in [2.24, 2.45) is 5.14 Å². The number of rotatable bonds is 3. The fraction of sp³-hybridized carbons (Fsp3) is 0.400. The lowest BCUT2D eigenvalue weighted by Gasteiger charge is -2.32. The monoisotopic (exact) mass is 338 g/mol. The van der Waals surface area contributed by atoms with E-state index in [2.05, 4.69) is 0 Å². The summed E-state index contributed by atoms with van der Waals surface area (Å²) >= 11 is 0. The van der Waals surface area contributed by atoms with Gasteiger partial charge in [0.2, 0.25) is 10.0 Å². The second kappa shape index (κ2) is 5.50. The third-order valence-electron chi connectivity index (χ3n) is 3.13. The molecule has 21 heavy (non-hydrogen) atoms. The van der Waals surface area contributed by atoms with E-state index in [9.17, 15) is 21.2 Å². The van der Waals surface area contributed by atoms with Crippen molar-refractivity contribution in [3.63, 3.8) is 0 Å². The number of halogens is 1. The molecule has 0 amide bonds. The SMILES string of the molecule is Nc1ccc(S(=O)(=O)N2CCN(S(N)(=O)=O)CC2)c(F)c1. The maximum Gasteiger partial charge on any atom is 0.276 e. The van der Waals surface area contributed by atoms with Gasteiger partial charge in [-0.05, 0) is 18.2 Å². The molecule has 1 aromatic carbocycles. The fourth-order valence-corrected chi connectivity index (χ4v) is 4.17. The number of sulfonamides is 1. The van der Waals surface area contributed by atoms with E-state index in [0.717, 1.165) is 20.7 Å². The molecular weight excluding hydrogens is 323 g/mol. The number of nitrogen functional groups attached to an aromatic ring is 1. The van der Waals surface area contributed by atoms with Crippen LogP contribution in [0.15, 0.2) is 23.1 Å². The Balaban J connectivity index is 2.23. The maximum atomic E-state index is 13.8. The summed E-state index contributed by atoms with van der Waals surface area (Å²) in [5, 5.41) is 4.97. The summed E-state index contributed by atoms with van der Waals surface area (Å²) in [5.41, 5.74) is 5.50. The number of anilines is 1. The Bertz CT molecular complexity index is 742. The summed E-state index contributed by atoms with van der Waals surface area (Å²) in [5.74, 6) is -0.941. The molecule has 0 radical (unpaired) electrons. The van der Waals surface area contributed by atoms with Crippen molar-refractivity contribution in [2.45, 2.75) is 4.90 Å². The van der Waals surface area contributed by atoms with Crippen LogP contribution in [0.25, 0.3) is 0 Å². The van der Waals surface area contributed by atoms with Gasteiger partial charge in [-0.2, -0.15) is 17.0 Å². The summed E-state index contributed by atoms with van der Waals surface area (Å²) in [4.78, 5) is -0.485. The Kier molecular flexibility index (Phi) is 4.22. The maximum absolute atomic E-state index is 13.8. The number of hydrogen-bond acceptors (Lipinski definition) is 5. The van der Waals surface area contributed by atoms with Gasteiger partial charge >= 0.3 is 0 Å². The molecule has 0 aromatic heterocycles. The number of hydrogen-bond donors (Lipinski definition) is 2. The molecule has 1 aromatic rings. The van der Waals surface area contributed by atoms with Crippen molar-refractivity contribution in [3.8, 4) is 0 Å². The van der Waals surface area contributed by atoms with Gasteiger partial charge in [-0.1, -0.05) is 0 Å². The van der Waals surface area contributed by atoms with Crippen LogP contribution in [-0.4, -0.2) is 51.6 Å². The van der Waals surface area contributed by atoms with Gasteiger partial charge in [0.25, 0.3) is 10.2 Å². The smallest absolute Gasteiger partial charge is 0.276 e. The molecule has 1 fully saturated rings. The molecular formula is C10H15FN4O4S2. The van der Waals surface area contributed by atoms with Crippen molar-refractivity contribution < 1.29 is 21.2 Å². The normalized spacial score (nSPS) is 18.8. The van der Waals surface area contributed by atoms with Crippen LogP contribution in [-0.2, 0) is 20.2 Å². The van der Waals surface area contributed by atoms with Gasteiger partial charge in [-0.3, -0.25) is 0 Å². The zero-order valence-corrected chi connectivity index (χ0v) is 12.6. The Hall–Kier alpha value is -1.27. The Morgan fingerprint density at radius 3 is 2.00 bits per heavy atom. The Morgan fingerprint density at radius 1 is 1.00 bits per heavy atom. The molecule has 1 saturated heterocycles. The van der Waals surface area contributed by atoms with E-state index in [4.69, 9.17) is 10.9 Å². The third-order valence-corrected chi connectivity index (χ3v) is 6.15. The van der Waals surface area contributed by atoms with Crippen LogP contribution in [0.4, 0.5) is 10.1 Å². The minimum Gasteiger partial charge on any atom is -0.399 e. The predicted molar refractivity (Wildman–Crippen MR) is 74.3 cm³/mol. The molecule has 4 N–H and O–H groups in total. The summed E-state index contributed by atoms with van der Waals surface area (Å²) in [6.45, 7) is -0.339. The zero-order chi connectivity index (χ0) is 15.8. The van der Waals surface area contributed by atoms with Gasteiger partial charge in [0.15, 0.2) is 0 Å². The number of piperazine rings is 1. The third kappa shape index (κ3) is 3.32. The molecule has 0 saturated carbocycles. The molecule has 1 heterocycles. The topological polar surface area (TPSA) is 127 Å². The predicted octanol–water partition coefficient (Wildman–Crippen LogP) is -1.08. The quantitative estimate of drug-likeness (QED) is 0.678. The molecule has 8 nitrogen and oxygen atoms in total. The van der Waals surface area contributed by atoms with Crippen molar-refractivity contribution >= 4 is 25.9 Å². The highest BCUT2D eigenvalue weighted by atomic mass is 32.2. The average molecular weight is 338 g/mol. The fourth-order valence-electron chi connectivity index (χ4n) is 2.03. The lowest BCUT2D eigenvalue weighted by atomic mass is 10.3. The first-order valence-corrected chi connectivity index (χ1v) is 8.90. The lowest BCUT2D eigenvalue weighted by Crippen LogP contribution is -2.52. The van der Waals surface area contributed by atoms with Crippen molar-refractivity contribution in [1.82, 2.24) is 8.61 Å². The summed E-state index contributed by atoms with van der Waals surface area (Å²) in [6.07, 6.45) is 0. The van der Waals surface area contributed by atoms with Crippen LogP contribution in [0.3, 0.4) is 0 Å². The van der Waals surface area contributed by atoms with Crippen LogP contribution >= 0.6 is 0 Å². The first kappa shape index (κ1) is 16.1. The molecule has 2 rings (SSSR count). The summed E-state index contributed by atoms with van der Waals surface area (Å²) in [6, 6.07) is 3.30. The first-order valence-electron chi connectivity index (χ1n) is 5.95. The Labute approximate surface area is 122 Å². The molecule has 0 spiro atoms. The van der Waals surface area contributed by atoms with Gasteiger partial charge in [0.05, 0.1) is 0 Å². The molecule has 1 aliphatic rings.